The molecule has 0 N–H and O–H groups in total. The Kier molecular flexibility index (Phi) is 6.69. The van der Waals surface area contributed by atoms with Crippen molar-refractivity contribution in [2.24, 2.45) is 0 Å². The standard InChI is InChI=1S/C13H21N3O4/c1-3-5-6-7-8-11(13(17)20-4-2)15-9-12(14-10-15)16(18)19/h9-11H,3-8H2,1-2H3/t11-/m0/s1. The van der Waals surface area contributed by atoms with Gasteiger partial charge in [0, 0.05) is 0 Å². The van der Waals surface area contributed by atoms with E-state index in [1.165, 1.54) is 17.1 Å². The van der Waals surface area contributed by atoms with E-state index in [1.807, 2.05) is 0 Å². The van der Waals surface area contributed by atoms with E-state index in [0.717, 1.165) is 25.7 Å². The van der Waals surface area contributed by atoms with Gasteiger partial charge in [0.05, 0.1) is 6.61 Å². The molecule has 1 aromatic heterocycles. The molecule has 0 amide bonds. The zero-order chi connectivity index (χ0) is 15.0. The molecule has 0 aliphatic heterocycles. The SMILES string of the molecule is CCCCCC[C@@H](C(=O)OCC)n1cnc([N+](=O)[O-])c1. The maximum absolute atomic E-state index is 11.9. The molecule has 0 saturated heterocycles. The van der Waals surface area contributed by atoms with Crippen LogP contribution < -0.4 is 0 Å². The van der Waals surface area contributed by atoms with Crippen LogP contribution in [0, 0.1) is 10.1 Å². The molecule has 20 heavy (non-hydrogen) atoms. The first-order chi connectivity index (χ1) is 9.60. The van der Waals surface area contributed by atoms with Crippen LogP contribution in [-0.2, 0) is 9.53 Å². The van der Waals surface area contributed by atoms with Crippen molar-refractivity contribution in [1.82, 2.24) is 9.55 Å². The zero-order valence-corrected chi connectivity index (χ0v) is 11.9. The highest BCUT2D eigenvalue weighted by Gasteiger charge is 2.24. The number of ether oxygens (including phenoxy) is 1. The normalized spacial score (nSPS) is 12.1. The summed E-state index contributed by atoms with van der Waals surface area (Å²) >= 11 is 0. The second-order valence-electron chi connectivity index (χ2n) is 4.55. The fourth-order valence-corrected chi connectivity index (χ4v) is 1.98. The number of aromatic nitrogens is 2. The van der Waals surface area contributed by atoms with Crippen molar-refractivity contribution < 1.29 is 14.5 Å². The molecule has 0 radical (unpaired) electrons. The number of unbranched alkanes of at least 4 members (excludes halogenated alkanes) is 3. The van der Waals surface area contributed by atoms with Gasteiger partial charge in [-0.3, -0.25) is 4.57 Å². The summed E-state index contributed by atoms with van der Waals surface area (Å²) in [6.07, 6.45) is 7.33. The maximum Gasteiger partial charge on any atom is 0.381 e. The number of carbonyl (C=O) groups is 1. The average molecular weight is 283 g/mol. The van der Waals surface area contributed by atoms with Crippen LogP contribution in [0.15, 0.2) is 12.5 Å². The third-order valence-corrected chi connectivity index (χ3v) is 3.02. The molecule has 0 saturated carbocycles. The first-order valence-corrected chi connectivity index (χ1v) is 6.94. The lowest BCUT2D eigenvalue weighted by atomic mass is 10.1. The Bertz CT molecular complexity index is 445. The highest BCUT2D eigenvalue weighted by Crippen LogP contribution is 2.20. The van der Waals surface area contributed by atoms with E-state index in [0.29, 0.717) is 13.0 Å². The van der Waals surface area contributed by atoms with Crippen molar-refractivity contribution in [3.63, 3.8) is 0 Å². The number of nitrogens with zero attached hydrogens (tertiary/aromatic N) is 3. The highest BCUT2D eigenvalue weighted by molar-refractivity contribution is 5.74. The molecule has 7 nitrogen and oxygen atoms in total. The van der Waals surface area contributed by atoms with Gasteiger partial charge >= 0.3 is 11.8 Å². The summed E-state index contributed by atoms with van der Waals surface area (Å²) in [6, 6.07) is -0.534. The van der Waals surface area contributed by atoms with E-state index in [-0.39, 0.29) is 11.8 Å². The number of nitro groups is 1. The van der Waals surface area contributed by atoms with Gasteiger partial charge in [0.25, 0.3) is 0 Å². The van der Waals surface area contributed by atoms with Gasteiger partial charge in [-0.15, -0.1) is 0 Å². The molecule has 112 valence electrons. The highest BCUT2D eigenvalue weighted by atomic mass is 16.6. The quantitative estimate of drug-likeness (QED) is 0.301. The van der Waals surface area contributed by atoms with Crippen LogP contribution in [0.4, 0.5) is 5.82 Å². The summed E-state index contributed by atoms with van der Waals surface area (Å²) in [4.78, 5) is 25.7. The molecule has 0 bridgehead atoms. The fraction of sp³-hybridized carbons (Fsp3) is 0.692. The molecule has 0 unspecified atom stereocenters. The number of hydrogen-bond donors (Lipinski definition) is 0. The van der Waals surface area contributed by atoms with Crippen molar-refractivity contribution in [1.29, 1.82) is 0 Å². The molecule has 0 aliphatic rings. The molecule has 1 rings (SSSR count). The number of hydrogen-bond acceptors (Lipinski definition) is 5. The van der Waals surface area contributed by atoms with E-state index in [4.69, 9.17) is 4.74 Å². The molecule has 1 heterocycles. The van der Waals surface area contributed by atoms with Crippen LogP contribution in [0.3, 0.4) is 0 Å². The Labute approximate surface area is 118 Å². The average Bonchev–Trinajstić information content (AvgIpc) is 2.88. The van der Waals surface area contributed by atoms with Gasteiger partial charge < -0.3 is 14.9 Å². The lowest BCUT2D eigenvalue weighted by Crippen LogP contribution is -2.21. The second kappa shape index (κ2) is 8.29. The summed E-state index contributed by atoms with van der Waals surface area (Å²) in [5.41, 5.74) is 0. The molecule has 7 heteroatoms. The number of imidazole rings is 1. The van der Waals surface area contributed by atoms with E-state index >= 15 is 0 Å². The maximum atomic E-state index is 11.9. The fourth-order valence-electron chi connectivity index (χ4n) is 1.98. The molecular weight excluding hydrogens is 262 g/mol. The molecule has 1 atom stereocenters. The van der Waals surface area contributed by atoms with Gasteiger partial charge in [-0.25, -0.2) is 4.79 Å². The van der Waals surface area contributed by atoms with Gasteiger partial charge in [0.15, 0.2) is 0 Å². The van der Waals surface area contributed by atoms with Gasteiger partial charge in [-0.2, -0.15) is 0 Å². The predicted octanol–water partition coefficient (Wildman–Crippen LogP) is 2.87. The Morgan fingerprint density at radius 3 is 2.75 bits per heavy atom. The molecule has 0 spiro atoms. The largest absolute Gasteiger partial charge is 0.464 e. The smallest absolute Gasteiger partial charge is 0.381 e. The first-order valence-electron chi connectivity index (χ1n) is 6.94. The summed E-state index contributed by atoms with van der Waals surface area (Å²) in [6.45, 7) is 4.14. The van der Waals surface area contributed by atoms with Crippen LogP contribution in [-0.4, -0.2) is 27.1 Å². The predicted molar refractivity (Wildman–Crippen MR) is 73.3 cm³/mol. The van der Waals surface area contributed by atoms with Crippen LogP contribution >= 0.6 is 0 Å². The van der Waals surface area contributed by atoms with Gasteiger partial charge in [-0.05, 0) is 23.3 Å². The van der Waals surface area contributed by atoms with Gasteiger partial charge in [0.1, 0.15) is 12.2 Å². The molecule has 0 fully saturated rings. The van der Waals surface area contributed by atoms with Gasteiger partial charge in [0.2, 0.25) is 6.33 Å². The molecule has 0 aliphatic carbocycles. The molecular formula is C13H21N3O4. The Morgan fingerprint density at radius 1 is 1.45 bits per heavy atom. The van der Waals surface area contributed by atoms with Gasteiger partial charge in [-0.1, -0.05) is 32.6 Å². The summed E-state index contributed by atoms with van der Waals surface area (Å²) in [5.74, 6) is -0.621. The minimum atomic E-state index is -0.574. The van der Waals surface area contributed by atoms with E-state index in [1.54, 1.807) is 6.92 Å². The minimum Gasteiger partial charge on any atom is -0.464 e. The lowest BCUT2D eigenvalue weighted by molar-refractivity contribution is -0.389. The lowest BCUT2D eigenvalue weighted by Gasteiger charge is -2.15. The van der Waals surface area contributed by atoms with Crippen LogP contribution in [0.2, 0.25) is 0 Å². The number of esters is 1. The van der Waals surface area contributed by atoms with E-state index in [2.05, 4.69) is 11.9 Å². The van der Waals surface area contributed by atoms with Crippen molar-refractivity contribution in [3.8, 4) is 0 Å². The van der Waals surface area contributed by atoms with Crippen molar-refractivity contribution in [3.05, 3.63) is 22.6 Å². The minimum absolute atomic E-state index is 0.257. The summed E-state index contributed by atoms with van der Waals surface area (Å²) < 4.78 is 6.50. The Morgan fingerprint density at radius 2 is 2.20 bits per heavy atom. The Balaban J connectivity index is 2.74. The van der Waals surface area contributed by atoms with Crippen molar-refractivity contribution >= 4 is 11.8 Å². The second-order valence-corrected chi connectivity index (χ2v) is 4.55. The van der Waals surface area contributed by atoms with Crippen molar-refractivity contribution in [2.45, 2.75) is 52.0 Å². The number of carbonyl (C=O) groups excluding carboxylic acids is 1. The first kappa shape index (κ1) is 16.1. The third-order valence-electron chi connectivity index (χ3n) is 3.02. The summed E-state index contributed by atoms with van der Waals surface area (Å²) in [5, 5.41) is 10.6. The number of rotatable bonds is 9. The summed E-state index contributed by atoms with van der Waals surface area (Å²) in [7, 11) is 0. The van der Waals surface area contributed by atoms with E-state index in [9.17, 15) is 14.9 Å². The monoisotopic (exact) mass is 283 g/mol. The van der Waals surface area contributed by atoms with Crippen LogP contribution in [0.25, 0.3) is 0 Å². The zero-order valence-electron chi connectivity index (χ0n) is 11.9. The topological polar surface area (TPSA) is 87.3 Å². The molecule has 0 aromatic carbocycles. The Hall–Kier alpha value is -1.92. The molecule has 1 aromatic rings. The van der Waals surface area contributed by atoms with E-state index < -0.39 is 11.0 Å². The van der Waals surface area contributed by atoms with Crippen LogP contribution in [0.5, 0.6) is 0 Å². The van der Waals surface area contributed by atoms with Crippen molar-refractivity contribution in [2.75, 3.05) is 6.61 Å². The van der Waals surface area contributed by atoms with Crippen LogP contribution in [0.1, 0.15) is 52.0 Å². The third kappa shape index (κ3) is 4.64.